The average molecular weight is 465 g/mol. The Hall–Kier alpha value is -2.52. The second kappa shape index (κ2) is 13.5. The first-order valence-electron chi connectivity index (χ1n) is 14.4. The molecular formula is C35H44. The van der Waals surface area contributed by atoms with Gasteiger partial charge in [-0.1, -0.05) is 107 Å². The molecule has 0 atom stereocenters. The molecule has 1 saturated carbocycles. The van der Waals surface area contributed by atoms with Gasteiger partial charge in [0.1, 0.15) is 0 Å². The fraction of sp³-hybridized carbons (Fsp3) is 0.486. The second-order valence-electron chi connectivity index (χ2n) is 10.8. The molecule has 3 aromatic carbocycles. The Labute approximate surface area is 214 Å². The summed E-state index contributed by atoms with van der Waals surface area (Å²) in [6.07, 6.45) is 17.6. The van der Waals surface area contributed by atoms with Crippen LogP contribution in [0.3, 0.4) is 0 Å². The maximum atomic E-state index is 3.40. The Morgan fingerprint density at radius 3 is 2.06 bits per heavy atom. The van der Waals surface area contributed by atoms with Crippen molar-refractivity contribution in [3.63, 3.8) is 0 Å². The molecule has 35 heavy (non-hydrogen) atoms. The summed E-state index contributed by atoms with van der Waals surface area (Å²) in [5, 5.41) is 2.61. The largest absolute Gasteiger partial charge is 0.0654 e. The summed E-state index contributed by atoms with van der Waals surface area (Å²) >= 11 is 0. The maximum absolute atomic E-state index is 3.40. The van der Waals surface area contributed by atoms with E-state index in [1.54, 1.807) is 0 Å². The van der Waals surface area contributed by atoms with E-state index in [-0.39, 0.29) is 0 Å². The molecular weight excluding hydrogens is 420 g/mol. The quantitative estimate of drug-likeness (QED) is 0.207. The third-order valence-corrected chi connectivity index (χ3v) is 8.02. The van der Waals surface area contributed by atoms with Gasteiger partial charge in [-0.2, -0.15) is 0 Å². The van der Waals surface area contributed by atoms with Crippen LogP contribution >= 0.6 is 0 Å². The predicted molar refractivity (Wildman–Crippen MR) is 153 cm³/mol. The van der Waals surface area contributed by atoms with Gasteiger partial charge in [0.15, 0.2) is 0 Å². The fourth-order valence-corrected chi connectivity index (χ4v) is 5.73. The van der Waals surface area contributed by atoms with E-state index in [0.717, 1.165) is 23.0 Å². The van der Waals surface area contributed by atoms with Crippen LogP contribution in [0.2, 0.25) is 0 Å². The molecule has 1 aliphatic rings. The van der Waals surface area contributed by atoms with Gasteiger partial charge in [0.25, 0.3) is 0 Å². The third-order valence-electron chi connectivity index (χ3n) is 8.02. The number of unbranched alkanes of at least 4 members (excludes halogenated alkanes) is 5. The standard InChI is InChI=1S/C35H44/c1-3-5-7-9-11-30-18-24-35-27-31(19-25-34(35)26-30)13-12-29-16-22-33(23-17-29)32-20-14-28(15-21-32)10-8-6-4-2/h16-19,22-28,32H,3-11,14-15,20-21H2,1-2H3. The lowest BCUT2D eigenvalue weighted by Gasteiger charge is -2.29. The van der Waals surface area contributed by atoms with E-state index < -0.39 is 0 Å². The van der Waals surface area contributed by atoms with Crippen molar-refractivity contribution < 1.29 is 0 Å². The lowest BCUT2D eigenvalue weighted by atomic mass is 9.77. The monoisotopic (exact) mass is 464 g/mol. The zero-order chi connectivity index (χ0) is 24.3. The van der Waals surface area contributed by atoms with Crippen molar-refractivity contribution in [2.45, 2.75) is 103 Å². The molecule has 0 amide bonds. The molecule has 0 saturated heterocycles. The molecule has 0 heteroatoms. The van der Waals surface area contributed by atoms with Crippen LogP contribution in [0.4, 0.5) is 0 Å². The number of benzene rings is 3. The van der Waals surface area contributed by atoms with Gasteiger partial charge in [-0.25, -0.2) is 0 Å². The summed E-state index contributed by atoms with van der Waals surface area (Å²) in [6, 6.07) is 22.7. The highest BCUT2D eigenvalue weighted by atomic mass is 14.3. The van der Waals surface area contributed by atoms with E-state index >= 15 is 0 Å². The van der Waals surface area contributed by atoms with Crippen molar-refractivity contribution in [3.8, 4) is 11.8 Å². The van der Waals surface area contributed by atoms with Crippen LogP contribution in [0, 0.1) is 17.8 Å². The Bertz CT molecular complexity index is 1100. The lowest BCUT2D eigenvalue weighted by molar-refractivity contribution is 0.303. The smallest absolute Gasteiger partial charge is 0.0255 e. The summed E-state index contributed by atoms with van der Waals surface area (Å²) in [5.74, 6) is 8.51. The molecule has 0 radical (unpaired) electrons. The molecule has 0 bridgehead atoms. The first kappa shape index (κ1) is 25.6. The summed E-state index contributed by atoms with van der Waals surface area (Å²) in [5.41, 5.74) is 5.18. The van der Waals surface area contributed by atoms with Crippen molar-refractivity contribution in [1.29, 1.82) is 0 Å². The molecule has 0 spiro atoms. The predicted octanol–water partition coefficient (Wildman–Crippen LogP) is 10.2. The van der Waals surface area contributed by atoms with Gasteiger partial charge in [-0.15, -0.1) is 0 Å². The average Bonchev–Trinajstić information content (AvgIpc) is 2.91. The molecule has 0 aliphatic heterocycles. The van der Waals surface area contributed by atoms with Crippen molar-refractivity contribution in [2.75, 3.05) is 0 Å². The minimum absolute atomic E-state index is 0.747. The second-order valence-corrected chi connectivity index (χ2v) is 10.8. The highest BCUT2D eigenvalue weighted by Crippen LogP contribution is 2.37. The minimum Gasteiger partial charge on any atom is -0.0654 e. The zero-order valence-corrected chi connectivity index (χ0v) is 22.1. The van der Waals surface area contributed by atoms with Crippen molar-refractivity contribution in [2.24, 2.45) is 5.92 Å². The Morgan fingerprint density at radius 1 is 0.629 bits per heavy atom. The van der Waals surface area contributed by atoms with Crippen LogP contribution < -0.4 is 0 Å². The first-order valence-corrected chi connectivity index (χ1v) is 14.4. The summed E-state index contributed by atoms with van der Waals surface area (Å²) in [6.45, 7) is 4.57. The molecule has 0 heterocycles. The molecule has 4 rings (SSSR count). The van der Waals surface area contributed by atoms with Gasteiger partial charge in [0, 0.05) is 11.1 Å². The molecule has 0 N–H and O–H groups in total. The number of hydrogen-bond acceptors (Lipinski definition) is 0. The van der Waals surface area contributed by atoms with E-state index in [9.17, 15) is 0 Å². The number of hydrogen-bond donors (Lipinski definition) is 0. The number of fused-ring (bicyclic) bond motifs is 1. The van der Waals surface area contributed by atoms with E-state index in [1.807, 2.05) is 0 Å². The Kier molecular flexibility index (Phi) is 9.89. The molecule has 1 fully saturated rings. The first-order chi connectivity index (χ1) is 17.2. The number of aryl methyl sites for hydroxylation is 1. The highest BCUT2D eigenvalue weighted by Gasteiger charge is 2.21. The summed E-state index contributed by atoms with van der Waals surface area (Å²) in [7, 11) is 0. The van der Waals surface area contributed by atoms with Crippen LogP contribution in [0.1, 0.15) is 119 Å². The summed E-state index contributed by atoms with van der Waals surface area (Å²) < 4.78 is 0. The van der Waals surface area contributed by atoms with Crippen molar-refractivity contribution in [1.82, 2.24) is 0 Å². The van der Waals surface area contributed by atoms with Gasteiger partial charge in [0.2, 0.25) is 0 Å². The van der Waals surface area contributed by atoms with Crippen LogP contribution in [-0.4, -0.2) is 0 Å². The third kappa shape index (κ3) is 7.73. The zero-order valence-electron chi connectivity index (χ0n) is 22.1. The van der Waals surface area contributed by atoms with Gasteiger partial charge >= 0.3 is 0 Å². The van der Waals surface area contributed by atoms with Gasteiger partial charge < -0.3 is 0 Å². The van der Waals surface area contributed by atoms with E-state index in [4.69, 9.17) is 0 Å². The Morgan fingerprint density at radius 2 is 1.29 bits per heavy atom. The minimum atomic E-state index is 0.747. The highest BCUT2D eigenvalue weighted by molar-refractivity contribution is 5.84. The van der Waals surface area contributed by atoms with Crippen molar-refractivity contribution >= 4 is 10.8 Å². The van der Waals surface area contributed by atoms with Crippen LogP contribution in [0.5, 0.6) is 0 Å². The summed E-state index contributed by atoms with van der Waals surface area (Å²) in [4.78, 5) is 0. The normalized spacial score (nSPS) is 17.8. The van der Waals surface area contributed by atoms with Gasteiger partial charge in [-0.3, -0.25) is 0 Å². The Balaban J connectivity index is 1.32. The lowest BCUT2D eigenvalue weighted by Crippen LogP contribution is -2.13. The number of rotatable bonds is 10. The van der Waals surface area contributed by atoms with Crippen molar-refractivity contribution in [3.05, 3.63) is 82.9 Å². The molecule has 3 aromatic rings. The molecule has 1 aliphatic carbocycles. The van der Waals surface area contributed by atoms with E-state index in [1.165, 1.54) is 105 Å². The molecule has 0 unspecified atom stereocenters. The van der Waals surface area contributed by atoms with Crippen LogP contribution in [0.25, 0.3) is 10.8 Å². The van der Waals surface area contributed by atoms with Gasteiger partial charge in [0.05, 0.1) is 0 Å². The maximum Gasteiger partial charge on any atom is 0.0255 e. The van der Waals surface area contributed by atoms with E-state index in [2.05, 4.69) is 86.4 Å². The van der Waals surface area contributed by atoms with Gasteiger partial charge in [-0.05, 0) is 96.5 Å². The van der Waals surface area contributed by atoms with Crippen LogP contribution in [-0.2, 0) is 6.42 Å². The molecule has 0 nitrogen and oxygen atoms in total. The van der Waals surface area contributed by atoms with E-state index in [0.29, 0.717) is 0 Å². The molecule has 0 aromatic heterocycles. The molecule has 184 valence electrons. The van der Waals surface area contributed by atoms with Crippen LogP contribution in [0.15, 0.2) is 60.7 Å². The topological polar surface area (TPSA) is 0 Å². The SMILES string of the molecule is CCCCCCc1ccc2cc(C#Cc3ccc(C4CCC(CCCCC)CC4)cc3)ccc2c1. The fourth-order valence-electron chi connectivity index (χ4n) is 5.73.